The minimum atomic E-state index is -0.193. The van der Waals surface area contributed by atoms with E-state index in [-0.39, 0.29) is 11.7 Å². The van der Waals surface area contributed by atoms with Crippen LogP contribution < -0.4 is 4.74 Å². The Morgan fingerprint density at radius 1 is 1.11 bits per heavy atom. The van der Waals surface area contributed by atoms with Crippen LogP contribution in [0.15, 0.2) is 30.7 Å². The zero-order valence-electron chi connectivity index (χ0n) is 19.7. The van der Waals surface area contributed by atoms with E-state index >= 15 is 0 Å². The van der Waals surface area contributed by atoms with E-state index in [0.29, 0.717) is 44.6 Å². The largest absolute Gasteiger partial charge is 0.493 e. The van der Waals surface area contributed by atoms with Crippen molar-refractivity contribution in [2.75, 3.05) is 39.3 Å². The molecule has 1 aromatic carbocycles. The number of halogens is 1. The summed E-state index contributed by atoms with van der Waals surface area (Å²) in [5, 5.41) is 8.49. The second-order valence-electron chi connectivity index (χ2n) is 9.52. The normalized spacial score (nSPS) is 18.1. The number of fused-ring (bicyclic) bond motifs is 2. The molecule has 5 heterocycles. The predicted octanol–water partition coefficient (Wildman–Crippen LogP) is 2.70. The third-order valence-electron chi connectivity index (χ3n) is 7.41. The van der Waals surface area contributed by atoms with Crippen molar-refractivity contribution in [2.45, 2.75) is 38.5 Å². The van der Waals surface area contributed by atoms with Gasteiger partial charge in [0.05, 0.1) is 13.2 Å². The molecule has 0 saturated carbocycles. The van der Waals surface area contributed by atoms with Crippen molar-refractivity contribution in [1.82, 2.24) is 29.4 Å². The van der Waals surface area contributed by atoms with Crippen LogP contribution in [0.3, 0.4) is 0 Å². The van der Waals surface area contributed by atoms with Crippen molar-refractivity contribution < 1.29 is 13.9 Å². The van der Waals surface area contributed by atoms with Crippen LogP contribution in [0.2, 0.25) is 0 Å². The highest BCUT2D eigenvalue weighted by molar-refractivity contribution is 5.81. The van der Waals surface area contributed by atoms with Gasteiger partial charge in [0.2, 0.25) is 5.91 Å². The molecule has 0 N–H and O–H groups in total. The van der Waals surface area contributed by atoms with Crippen LogP contribution in [0.25, 0.3) is 11.2 Å². The Morgan fingerprint density at radius 2 is 2.00 bits per heavy atom. The van der Waals surface area contributed by atoms with Crippen LogP contribution in [-0.2, 0) is 24.1 Å². The third kappa shape index (κ3) is 4.29. The number of ether oxygens (including phenoxy) is 1. The summed E-state index contributed by atoms with van der Waals surface area (Å²) in [7, 11) is 0. The van der Waals surface area contributed by atoms with Crippen LogP contribution in [0.4, 0.5) is 4.39 Å². The third-order valence-corrected chi connectivity index (χ3v) is 7.41. The quantitative estimate of drug-likeness (QED) is 0.545. The average Bonchev–Trinajstić information content (AvgIpc) is 3.65. The Hall–Kier alpha value is -3.33. The highest BCUT2D eigenvalue weighted by Gasteiger charge is 2.24. The van der Waals surface area contributed by atoms with Gasteiger partial charge >= 0.3 is 0 Å². The molecule has 2 aromatic heterocycles. The van der Waals surface area contributed by atoms with E-state index in [9.17, 15) is 9.18 Å². The van der Waals surface area contributed by atoms with E-state index in [1.54, 1.807) is 12.4 Å². The fourth-order valence-electron chi connectivity index (χ4n) is 5.47. The number of carbonyl (C=O) groups excluding carboxylic acids is 1. The first-order valence-corrected chi connectivity index (χ1v) is 12.5. The monoisotopic (exact) mass is 476 g/mol. The van der Waals surface area contributed by atoms with Crippen LogP contribution >= 0.6 is 0 Å². The lowest BCUT2D eigenvalue weighted by atomic mass is 9.99. The first-order valence-electron chi connectivity index (χ1n) is 12.5. The van der Waals surface area contributed by atoms with Crippen molar-refractivity contribution in [3.63, 3.8) is 0 Å². The molecule has 8 nitrogen and oxygen atoms in total. The number of carbonyl (C=O) groups is 1. The number of benzene rings is 1. The number of likely N-dealkylation sites (tertiary alicyclic amines) is 1. The summed E-state index contributed by atoms with van der Waals surface area (Å²) in [5.41, 5.74) is 4.51. The molecule has 3 aliphatic heterocycles. The minimum absolute atomic E-state index is 0.193. The number of aromatic nitrogens is 4. The summed E-state index contributed by atoms with van der Waals surface area (Å²) in [5.74, 6) is 1.59. The van der Waals surface area contributed by atoms with Gasteiger partial charge in [-0.05, 0) is 62.0 Å². The first kappa shape index (κ1) is 22.2. The number of hydrogen-bond acceptors (Lipinski definition) is 6. The van der Waals surface area contributed by atoms with Crippen molar-refractivity contribution in [2.24, 2.45) is 0 Å². The molecule has 1 amide bonds. The van der Waals surface area contributed by atoms with Gasteiger partial charge in [-0.3, -0.25) is 14.1 Å². The lowest BCUT2D eigenvalue weighted by Gasteiger charge is -2.28. The summed E-state index contributed by atoms with van der Waals surface area (Å²) < 4.78 is 22.1. The molecule has 9 heteroatoms. The van der Waals surface area contributed by atoms with Crippen LogP contribution in [-0.4, -0.2) is 74.6 Å². The van der Waals surface area contributed by atoms with Crippen LogP contribution in [0, 0.1) is 5.82 Å². The molecule has 0 bridgehead atoms. The number of nitrogens with zero attached hydrogens (tertiary/aromatic N) is 6. The summed E-state index contributed by atoms with van der Waals surface area (Å²) >= 11 is 0. The van der Waals surface area contributed by atoms with Gasteiger partial charge in [0.15, 0.2) is 5.65 Å². The van der Waals surface area contributed by atoms with Crippen molar-refractivity contribution >= 4 is 17.1 Å². The van der Waals surface area contributed by atoms with Gasteiger partial charge in [0, 0.05) is 43.3 Å². The molecule has 0 atom stereocenters. The fourth-order valence-corrected chi connectivity index (χ4v) is 5.47. The van der Waals surface area contributed by atoms with Gasteiger partial charge in [-0.2, -0.15) is 0 Å². The van der Waals surface area contributed by atoms with Gasteiger partial charge in [0.25, 0.3) is 0 Å². The molecular weight excluding hydrogens is 447 g/mol. The molecule has 0 spiro atoms. The summed E-state index contributed by atoms with van der Waals surface area (Å²) in [4.78, 5) is 21.6. The van der Waals surface area contributed by atoms with Gasteiger partial charge in [0.1, 0.15) is 23.7 Å². The maximum atomic E-state index is 14.6. The smallest absolute Gasteiger partial charge is 0.237 e. The zero-order chi connectivity index (χ0) is 23.8. The molecule has 3 aromatic rings. The van der Waals surface area contributed by atoms with Crippen LogP contribution in [0.5, 0.6) is 5.75 Å². The number of hydrogen-bond donors (Lipinski definition) is 0. The van der Waals surface area contributed by atoms with E-state index in [2.05, 4.69) is 21.2 Å². The predicted molar refractivity (Wildman–Crippen MR) is 129 cm³/mol. The molecule has 1 saturated heterocycles. The maximum absolute atomic E-state index is 14.6. The summed E-state index contributed by atoms with van der Waals surface area (Å²) in [6.07, 6.45) is 10.6. The topological polar surface area (TPSA) is 75.9 Å². The first-order chi connectivity index (χ1) is 17.2. The van der Waals surface area contributed by atoms with Crippen LogP contribution in [0.1, 0.15) is 41.8 Å². The highest BCUT2D eigenvalue weighted by atomic mass is 19.1. The zero-order valence-corrected chi connectivity index (χ0v) is 19.7. The number of aryl methyl sites for hydroxylation is 1. The van der Waals surface area contributed by atoms with Gasteiger partial charge in [-0.25, -0.2) is 9.37 Å². The standard InChI is InChI=1S/C26H29FN6O2/c27-22-4-5-23-20(9-14-35-23)19(22)3-6-24-28-15-21(26-30-29-17-33(24)26)18-7-12-32(13-8-18)25(34)16-31-10-1-2-11-31/h4-5,7,15,17H,1-3,6,8-14,16H2. The van der Waals surface area contributed by atoms with E-state index in [1.165, 1.54) is 18.9 Å². The summed E-state index contributed by atoms with van der Waals surface area (Å²) in [6, 6.07) is 3.20. The molecule has 182 valence electrons. The Morgan fingerprint density at radius 3 is 2.83 bits per heavy atom. The van der Waals surface area contributed by atoms with E-state index < -0.39 is 0 Å². The van der Waals surface area contributed by atoms with Crippen molar-refractivity contribution in [3.8, 4) is 5.75 Å². The fraction of sp³-hybridized carbons (Fsp3) is 0.462. The molecule has 1 fully saturated rings. The maximum Gasteiger partial charge on any atom is 0.237 e. The lowest BCUT2D eigenvalue weighted by molar-refractivity contribution is -0.131. The van der Waals surface area contributed by atoms with Crippen molar-refractivity contribution in [3.05, 3.63) is 59.1 Å². The molecule has 6 rings (SSSR count). The molecule has 0 aliphatic carbocycles. The second-order valence-corrected chi connectivity index (χ2v) is 9.52. The second kappa shape index (κ2) is 9.37. The average molecular weight is 477 g/mol. The Bertz CT molecular complexity index is 1300. The molecular formula is C26H29FN6O2. The van der Waals surface area contributed by atoms with E-state index in [4.69, 9.17) is 9.72 Å². The highest BCUT2D eigenvalue weighted by Crippen LogP contribution is 2.31. The SMILES string of the molecule is O=C(CN1CCCC1)N1CC=C(c2cnc(CCc3c(F)ccc4c3CCO4)n3cnnc23)CC1. The van der Waals surface area contributed by atoms with Gasteiger partial charge in [-0.1, -0.05) is 6.08 Å². The Kier molecular flexibility index (Phi) is 5.93. The molecule has 0 radical (unpaired) electrons. The van der Waals surface area contributed by atoms with Gasteiger partial charge < -0.3 is 9.64 Å². The van der Waals surface area contributed by atoms with Gasteiger partial charge in [-0.15, -0.1) is 10.2 Å². The number of rotatable bonds is 6. The molecule has 0 unspecified atom stereocenters. The Labute approximate surface area is 203 Å². The van der Waals surface area contributed by atoms with Crippen molar-refractivity contribution in [1.29, 1.82) is 0 Å². The number of amides is 1. The molecule has 3 aliphatic rings. The van der Waals surface area contributed by atoms with E-state index in [0.717, 1.165) is 59.9 Å². The summed E-state index contributed by atoms with van der Waals surface area (Å²) in [6.45, 7) is 4.47. The Balaban J connectivity index is 1.18. The lowest BCUT2D eigenvalue weighted by Crippen LogP contribution is -2.41. The van der Waals surface area contributed by atoms with E-state index in [1.807, 2.05) is 15.5 Å². The minimum Gasteiger partial charge on any atom is -0.493 e. The molecule has 35 heavy (non-hydrogen) atoms.